The summed E-state index contributed by atoms with van der Waals surface area (Å²) in [4.78, 5) is 26.7. The van der Waals surface area contributed by atoms with Gasteiger partial charge in [0.15, 0.2) is 10.8 Å². The van der Waals surface area contributed by atoms with Crippen molar-refractivity contribution in [3.63, 3.8) is 0 Å². The number of ketones is 1. The molecular formula is C13H19N3O3S. The van der Waals surface area contributed by atoms with E-state index in [1.807, 2.05) is 11.9 Å². The summed E-state index contributed by atoms with van der Waals surface area (Å²) in [6, 6.07) is 1.38. The standard InChI is InChI=1S/C13H19N3O3S/c1-10(17)12-9-11(16(18)19)13(20-12)14(2)7-8-15-5-3-4-6-15/h9H,3-8H2,1-2H3. The first-order chi connectivity index (χ1) is 9.49. The quantitative estimate of drug-likeness (QED) is 0.458. The summed E-state index contributed by atoms with van der Waals surface area (Å²) in [6.45, 7) is 5.29. The van der Waals surface area contributed by atoms with Crippen LogP contribution in [0.1, 0.15) is 29.4 Å². The van der Waals surface area contributed by atoms with Crippen molar-refractivity contribution in [3.05, 3.63) is 21.1 Å². The lowest BCUT2D eigenvalue weighted by Gasteiger charge is -2.21. The van der Waals surface area contributed by atoms with Crippen LogP contribution in [-0.4, -0.2) is 48.8 Å². The first-order valence-electron chi connectivity index (χ1n) is 6.71. The maximum Gasteiger partial charge on any atom is 0.304 e. The summed E-state index contributed by atoms with van der Waals surface area (Å²) in [5.74, 6) is -0.128. The number of thiophene rings is 1. The summed E-state index contributed by atoms with van der Waals surface area (Å²) in [6.07, 6.45) is 2.47. The van der Waals surface area contributed by atoms with Crippen molar-refractivity contribution in [2.24, 2.45) is 0 Å². The average molecular weight is 297 g/mol. The van der Waals surface area contributed by atoms with Gasteiger partial charge in [-0.3, -0.25) is 14.9 Å². The smallest absolute Gasteiger partial charge is 0.304 e. The van der Waals surface area contributed by atoms with Gasteiger partial charge in [0.25, 0.3) is 0 Å². The molecule has 0 amide bonds. The molecule has 1 aromatic heterocycles. The molecule has 20 heavy (non-hydrogen) atoms. The van der Waals surface area contributed by atoms with Gasteiger partial charge in [-0.05, 0) is 32.9 Å². The normalized spacial score (nSPS) is 15.5. The molecule has 1 saturated heterocycles. The first-order valence-corrected chi connectivity index (χ1v) is 7.53. The number of carbonyl (C=O) groups is 1. The van der Waals surface area contributed by atoms with Gasteiger partial charge in [-0.15, -0.1) is 11.3 Å². The van der Waals surface area contributed by atoms with Gasteiger partial charge in [0, 0.05) is 26.2 Å². The number of Topliss-reactive ketones (excluding diaryl/α,β-unsaturated/α-hetero) is 1. The van der Waals surface area contributed by atoms with E-state index in [4.69, 9.17) is 0 Å². The van der Waals surface area contributed by atoms with E-state index in [9.17, 15) is 14.9 Å². The van der Waals surface area contributed by atoms with Crippen LogP contribution in [0.15, 0.2) is 6.07 Å². The van der Waals surface area contributed by atoms with E-state index in [2.05, 4.69) is 4.90 Å². The molecule has 2 heterocycles. The van der Waals surface area contributed by atoms with Gasteiger partial charge in [0.2, 0.25) is 0 Å². The molecule has 0 atom stereocenters. The zero-order valence-electron chi connectivity index (χ0n) is 11.8. The third-order valence-electron chi connectivity index (χ3n) is 3.53. The number of nitro groups is 1. The molecule has 7 heteroatoms. The average Bonchev–Trinajstić information content (AvgIpc) is 3.04. The van der Waals surface area contributed by atoms with Crippen LogP contribution in [0.2, 0.25) is 0 Å². The number of rotatable bonds is 6. The maximum atomic E-state index is 11.4. The molecule has 0 N–H and O–H groups in total. The van der Waals surface area contributed by atoms with Gasteiger partial charge in [-0.1, -0.05) is 0 Å². The number of carbonyl (C=O) groups excluding carboxylic acids is 1. The Hall–Kier alpha value is -1.47. The highest BCUT2D eigenvalue weighted by Crippen LogP contribution is 2.37. The SMILES string of the molecule is CC(=O)c1cc([N+](=O)[O-])c(N(C)CCN2CCCC2)s1. The molecule has 0 unspecified atom stereocenters. The highest BCUT2D eigenvalue weighted by atomic mass is 32.1. The van der Waals surface area contributed by atoms with Crippen LogP contribution in [0.3, 0.4) is 0 Å². The van der Waals surface area contributed by atoms with E-state index in [0.717, 1.165) is 26.2 Å². The summed E-state index contributed by atoms with van der Waals surface area (Å²) in [7, 11) is 1.85. The molecular weight excluding hydrogens is 278 g/mol. The van der Waals surface area contributed by atoms with Gasteiger partial charge in [0.05, 0.1) is 9.80 Å². The molecule has 6 nitrogen and oxygen atoms in total. The molecule has 1 aromatic rings. The minimum atomic E-state index is -0.412. The molecule has 0 saturated carbocycles. The Morgan fingerprint density at radius 3 is 2.70 bits per heavy atom. The van der Waals surface area contributed by atoms with Gasteiger partial charge >= 0.3 is 5.69 Å². The topological polar surface area (TPSA) is 66.7 Å². The second-order valence-corrected chi connectivity index (χ2v) is 6.12. The number of likely N-dealkylation sites (N-methyl/N-ethyl adjacent to an activating group) is 1. The highest BCUT2D eigenvalue weighted by molar-refractivity contribution is 7.18. The van der Waals surface area contributed by atoms with Gasteiger partial charge in [-0.25, -0.2) is 0 Å². The fraction of sp³-hybridized carbons (Fsp3) is 0.615. The highest BCUT2D eigenvalue weighted by Gasteiger charge is 2.24. The molecule has 0 spiro atoms. The monoisotopic (exact) mass is 297 g/mol. The Kier molecular flexibility index (Phi) is 4.72. The number of hydrogen-bond acceptors (Lipinski definition) is 6. The summed E-state index contributed by atoms with van der Waals surface area (Å²) < 4.78 is 0. The first kappa shape index (κ1) is 14.9. The summed E-state index contributed by atoms with van der Waals surface area (Å²) >= 11 is 1.20. The van der Waals surface area contributed by atoms with E-state index in [0.29, 0.717) is 9.88 Å². The molecule has 0 aromatic carbocycles. The Bertz CT molecular complexity index is 509. The molecule has 1 aliphatic heterocycles. The Morgan fingerprint density at radius 1 is 1.50 bits per heavy atom. The van der Waals surface area contributed by atoms with Gasteiger partial charge in [0.1, 0.15) is 0 Å². The minimum Gasteiger partial charge on any atom is -0.360 e. The van der Waals surface area contributed by atoms with Crippen molar-refractivity contribution in [3.8, 4) is 0 Å². The van der Waals surface area contributed by atoms with Crippen LogP contribution in [0.5, 0.6) is 0 Å². The van der Waals surface area contributed by atoms with E-state index >= 15 is 0 Å². The zero-order valence-corrected chi connectivity index (χ0v) is 12.6. The Labute approximate surface area is 122 Å². The van der Waals surface area contributed by atoms with Crippen molar-refractivity contribution in [2.75, 3.05) is 38.1 Å². The Morgan fingerprint density at radius 2 is 2.15 bits per heavy atom. The van der Waals surface area contributed by atoms with Crippen LogP contribution in [0.25, 0.3) is 0 Å². The van der Waals surface area contributed by atoms with Crippen molar-refractivity contribution in [2.45, 2.75) is 19.8 Å². The minimum absolute atomic E-state index is 0.0316. The largest absolute Gasteiger partial charge is 0.360 e. The zero-order chi connectivity index (χ0) is 14.7. The van der Waals surface area contributed by atoms with Crippen molar-refractivity contribution >= 4 is 27.8 Å². The number of hydrogen-bond donors (Lipinski definition) is 0. The third-order valence-corrected chi connectivity index (χ3v) is 4.87. The van der Waals surface area contributed by atoms with Crippen molar-refractivity contribution < 1.29 is 9.72 Å². The summed E-state index contributed by atoms with van der Waals surface area (Å²) in [5, 5.41) is 11.7. The lowest BCUT2D eigenvalue weighted by molar-refractivity contribution is -0.383. The second-order valence-electron chi connectivity index (χ2n) is 5.08. The van der Waals surface area contributed by atoms with E-state index in [1.54, 1.807) is 0 Å². The number of nitrogens with zero attached hydrogens (tertiary/aromatic N) is 3. The third kappa shape index (κ3) is 3.34. The molecule has 2 rings (SSSR count). The van der Waals surface area contributed by atoms with Crippen LogP contribution >= 0.6 is 11.3 Å². The molecule has 0 aliphatic carbocycles. The van der Waals surface area contributed by atoms with E-state index < -0.39 is 4.92 Å². The molecule has 1 aliphatic rings. The van der Waals surface area contributed by atoms with E-state index in [-0.39, 0.29) is 11.5 Å². The Balaban J connectivity index is 2.08. The fourth-order valence-electron chi connectivity index (χ4n) is 2.35. The fourth-order valence-corrected chi connectivity index (χ4v) is 3.36. The van der Waals surface area contributed by atoms with E-state index in [1.165, 1.54) is 37.2 Å². The van der Waals surface area contributed by atoms with Crippen LogP contribution in [-0.2, 0) is 0 Å². The number of likely N-dealkylation sites (tertiary alicyclic amines) is 1. The molecule has 0 bridgehead atoms. The van der Waals surface area contributed by atoms with Crippen LogP contribution in [0.4, 0.5) is 10.7 Å². The van der Waals surface area contributed by atoms with Crippen LogP contribution in [0, 0.1) is 10.1 Å². The lowest BCUT2D eigenvalue weighted by atomic mass is 10.3. The van der Waals surface area contributed by atoms with Crippen molar-refractivity contribution in [1.82, 2.24) is 4.90 Å². The second kappa shape index (κ2) is 6.32. The number of anilines is 1. The van der Waals surface area contributed by atoms with Crippen LogP contribution < -0.4 is 4.90 Å². The summed E-state index contributed by atoms with van der Waals surface area (Å²) in [5.41, 5.74) is 0.0316. The predicted molar refractivity (Wildman–Crippen MR) is 79.9 cm³/mol. The maximum absolute atomic E-state index is 11.4. The van der Waals surface area contributed by atoms with Crippen molar-refractivity contribution in [1.29, 1.82) is 0 Å². The molecule has 0 radical (unpaired) electrons. The van der Waals surface area contributed by atoms with Gasteiger partial charge < -0.3 is 9.80 Å². The molecule has 110 valence electrons. The lowest BCUT2D eigenvalue weighted by Crippen LogP contribution is -2.31. The molecule has 1 fully saturated rings. The predicted octanol–water partition coefficient (Wildman–Crippen LogP) is 2.39. The van der Waals surface area contributed by atoms with Gasteiger partial charge in [-0.2, -0.15) is 0 Å².